The molecule has 1 aromatic carbocycles. The lowest BCUT2D eigenvalue weighted by atomic mass is 10.2. The Morgan fingerprint density at radius 3 is 2.62 bits per heavy atom. The second-order valence-electron chi connectivity index (χ2n) is 4.70. The topological polar surface area (TPSA) is 67.4 Å². The number of rotatable bonds is 8. The van der Waals surface area contributed by atoms with Crippen molar-refractivity contribution in [1.82, 2.24) is 10.6 Å². The van der Waals surface area contributed by atoms with E-state index in [1.54, 1.807) is 6.07 Å². The number of hydrogen-bond acceptors (Lipinski definition) is 3. The van der Waals surface area contributed by atoms with Crippen molar-refractivity contribution >= 4 is 23.4 Å². The van der Waals surface area contributed by atoms with E-state index in [2.05, 4.69) is 10.6 Å². The summed E-state index contributed by atoms with van der Waals surface area (Å²) >= 11 is 5.93. The zero-order valence-corrected chi connectivity index (χ0v) is 13.1. The largest absolute Gasteiger partial charge is 0.494 e. The summed E-state index contributed by atoms with van der Waals surface area (Å²) in [7, 11) is 0. The Kier molecular flexibility index (Phi) is 7.61. The molecule has 0 saturated carbocycles. The van der Waals surface area contributed by atoms with Crippen LogP contribution in [0.25, 0.3) is 0 Å². The fraction of sp³-hybridized carbons (Fsp3) is 0.467. The van der Waals surface area contributed by atoms with Gasteiger partial charge in [0.15, 0.2) is 0 Å². The third-order valence-electron chi connectivity index (χ3n) is 2.77. The zero-order valence-electron chi connectivity index (χ0n) is 12.4. The number of amides is 2. The quantitative estimate of drug-likeness (QED) is 0.722. The summed E-state index contributed by atoms with van der Waals surface area (Å²) in [4.78, 5) is 22.1. The number of carbonyl (C=O) groups is 2. The van der Waals surface area contributed by atoms with Gasteiger partial charge in [0.25, 0.3) is 0 Å². The highest BCUT2D eigenvalue weighted by Crippen LogP contribution is 2.21. The van der Waals surface area contributed by atoms with Crippen molar-refractivity contribution in [3.05, 3.63) is 28.8 Å². The summed E-state index contributed by atoms with van der Waals surface area (Å²) in [6, 6.07) is 5.47. The number of carbonyl (C=O) groups excluding carboxylic acids is 2. The highest BCUT2D eigenvalue weighted by Gasteiger charge is 2.02. The van der Waals surface area contributed by atoms with Crippen molar-refractivity contribution in [3.63, 3.8) is 0 Å². The maximum absolute atomic E-state index is 11.5. The molecule has 0 bridgehead atoms. The van der Waals surface area contributed by atoms with Crippen LogP contribution in [0.1, 0.15) is 25.3 Å². The van der Waals surface area contributed by atoms with Crippen LogP contribution in [0.4, 0.5) is 0 Å². The Hall–Kier alpha value is -1.75. The van der Waals surface area contributed by atoms with Crippen LogP contribution in [0.3, 0.4) is 0 Å². The highest BCUT2D eigenvalue weighted by atomic mass is 35.5. The summed E-state index contributed by atoms with van der Waals surface area (Å²) in [6.07, 6.45) is 1.03. The third kappa shape index (κ3) is 7.56. The molecule has 2 N–H and O–H groups in total. The number of aryl methyl sites for hydroxylation is 1. The number of halogens is 1. The van der Waals surface area contributed by atoms with Crippen LogP contribution in [-0.2, 0) is 9.59 Å². The average Bonchev–Trinajstić information content (AvgIpc) is 2.43. The Labute approximate surface area is 130 Å². The molecular formula is C15H21ClN2O3. The number of benzene rings is 1. The lowest BCUT2D eigenvalue weighted by Crippen LogP contribution is -2.33. The first kappa shape index (κ1) is 17.3. The third-order valence-corrected chi connectivity index (χ3v) is 3.19. The van der Waals surface area contributed by atoms with Gasteiger partial charge in [-0.3, -0.25) is 9.59 Å². The maximum atomic E-state index is 11.5. The standard InChI is InChI=1S/C15H21ClN2O3/c1-11-10-13(5-6-14(11)16)21-9-3-4-15(20)18-8-7-17-12(2)19/h5-6,10H,3-4,7-9H2,1-2H3,(H,17,19)(H,18,20). The smallest absolute Gasteiger partial charge is 0.220 e. The van der Waals surface area contributed by atoms with Gasteiger partial charge in [-0.1, -0.05) is 11.6 Å². The van der Waals surface area contributed by atoms with Crippen LogP contribution >= 0.6 is 11.6 Å². The van der Waals surface area contributed by atoms with Gasteiger partial charge in [0, 0.05) is 31.5 Å². The van der Waals surface area contributed by atoms with E-state index in [-0.39, 0.29) is 11.8 Å². The molecule has 0 unspecified atom stereocenters. The minimum Gasteiger partial charge on any atom is -0.494 e. The minimum absolute atomic E-state index is 0.0451. The monoisotopic (exact) mass is 312 g/mol. The van der Waals surface area contributed by atoms with E-state index < -0.39 is 0 Å². The van der Waals surface area contributed by atoms with Gasteiger partial charge in [-0.05, 0) is 37.1 Å². The van der Waals surface area contributed by atoms with E-state index in [0.717, 1.165) is 11.3 Å². The van der Waals surface area contributed by atoms with Gasteiger partial charge in [0.05, 0.1) is 6.61 Å². The second-order valence-corrected chi connectivity index (χ2v) is 5.10. The molecule has 0 aromatic heterocycles. The van der Waals surface area contributed by atoms with Crippen LogP contribution in [0.15, 0.2) is 18.2 Å². The molecule has 0 radical (unpaired) electrons. The molecule has 5 nitrogen and oxygen atoms in total. The predicted octanol–water partition coefficient (Wildman–Crippen LogP) is 2.06. The number of ether oxygens (including phenoxy) is 1. The number of hydrogen-bond donors (Lipinski definition) is 2. The summed E-state index contributed by atoms with van der Waals surface area (Å²) in [6.45, 7) is 4.72. The van der Waals surface area contributed by atoms with Gasteiger partial charge in [-0.25, -0.2) is 0 Å². The van der Waals surface area contributed by atoms with Crippen molar-refractivity contribution in [2.75, 3.05) is 19.7 Å². The highest BCUT2D eigenvalue weighted by molar-refractivity contribution is 6.31. The Morgan fingerprint density at radius 1 is 1.24 bits per heavy atom. The molecule has 2 amide bonds. The molecule has 0 atom stereocenters. The van der Waals surface area contributed by atoms with Crippen molar-refractivity contribution in [2.45, 2.75) is 26.7 Å². The summed E-state index contributed by atoms with van der Waals surface area (Å²) in [5, 5.41) is 6.05. The Morgan fingerprint density at radius 2 is 1.95 bits per heavy atom. The van der Waals surface area contributed by atoms with Crippen molar-refractivity contribution in [1.29, 1.82) is 0 Å². The second kappa shape index (κ2) is 9.23. The normalized spacial score (nSPS) is 10.0. The fourth-order valence-electron chi connectivity index (χ4n) is 1.66. The lowest BCUT2D eigenvalue weighted by molar-refractivity contribution is -0.122. The van der Waals surface area contributed by atoms with Gasteiger partial charge in [0.2, 0.25) is 11.8 Å². The van der Waals surface area contributed by atoms with Crippen LogP contribution in [0.5, 0.6) is 5.75 Å². The van der Waals surface area contributed by atoms with E-state index in [1.165, 1.54) is 6.92 Å². The first-order chi connectivity index (χ1) is 9.99. The molecule has 0 aliphatic heterocycles. The fourth-order valence-corrected chi connectivity index (χ4v) is 1.78. The van der Waals surface area contributed by atoms with Crippen molar-refractivity contribution < 1.29 is 14.3 Å². The maximum Gasteiger partial charge on any atom is 0.220 e. The van der Waals surface area contributed by atoms with Gasteiger partial charge < -0.3 is 15.4 Å². The molecule has 6 heteroatoms. The summed E-state index contributed by atoms with van der Waals surface area (Å²) < 4.78 is 5.55. The average molecular weight is 313 g/mol. The van der Waals surface area contributed by atoms with Gasteiger partial charge >= 0.3 is 0 Å². The van der Waals surface area contributed by atoms with E-state index in [4.69, 9.17) is 16.3 Å². The Bertz CT molecular complexity index is 492. The molecule has 0 aliphatic rings. The first-order valence-electron chi connectivity index (χ1n) is 6.89. The SMILES string of the molecule is CC(=O)NCCNC(=O)CCCOc1ccc(Cl)c(C)c1. The number of nitrogens with one attached hydrogen (secondary N) is 2. The van der Waals surface area contributed by atoms with E-state index in [1.807, 2.05) is 19.1 Å². The van der Waals surface area contributed by atoms with Gasteiger partial charge in [-0.2, -0.15) is 0 Å². The molecule has 0 saturated heterocycles. The molecular weight excluding hydrogens is 292 g/mol. The van der Waals surface area contributed by atoms with E-state index in [0.29, 0.717) is 37.6 Å². The molecule has 0 fully saturated rings. The van der Waals surface area contributed by atoms with E-state index >= 15 is 0 Å². The van der Waals surface area contributed by atoms with Crippen LogP contribution in [0, 0.1) is 6.92 Å². The van der Waals surface area contributed by atoms with E-state index in [9.17, 15) is 9.59 Å². The molecule has 1 aromatic rings. The van der Waals surface area contributed by atoms with Crippen LogP contribution in [0.2, 0.25) is 5.02 Å². The lowest BCUT2D eigenvalue weighted by Gasteiger charge is -2.08. The van der Waals surface area contributed by atoms with Gasteiger partial charge in [-0.15, -0.1) is 0 Å². The Balaban J connectivity index is 2.11. The van der Waals surface area contributed by atoms with Crippen LogP contribution in [-0.4, -0.2) is 31.5 Å². The zero-order chi connectivity index (χ0) is 15.7. The predicted molar refractivity (Wildman–Crippen MR) is 82.6 cm³/mol. The molecule has 116 valence electrons. The van der Waals surface area contributed by atoms with Gasteiger partial charge in [0.1, 0.15) is 5.75 Å². The molecule has 0 heterocycles. The summed E-state index contributed by atoms with van der Waals surface area (Å²) in [5.41, 5.74) is 0.963. The van der Waals surface area contributed by atoms with Crippen molar-refractivity contribution in [3.8, 4) is 5.75 Å². The molecule has 0 spiro atoms. The summed E-state index contributed by atoms with van der Waals surface area (Å²) in [5.74, 6) is 0.607. The minimum atomic E-state index is -0.101. The molecule has 0 aliphatic carbocycles. The first-order valence-corrected chi connectivity index (χ1v) is 7.27. The molecule has 1 rings (SSSR count). The van der Waals surface area contributed by atoms with Crippen molar-refractivity contribution in [2.24, 2.45) is 0 Å². The van der Waals surface area contributed by atoms with Crippen LogP contribution < -0.4 is 15.4 Å². The molecule has 21 heavy (non-hydrogen) atoms.